The molecule has 1 N–H and O–H groups in total. The quantitative estimate of drug-likeness (QED) is 0.746. The highest BCUT2D eigenvalue weighted by Gasteiger charge is 2.19. The molecule has 0 aromatic heterocycles. The molecule has 0 aliphatic heterocycles. The average Bonchev–Trinajstić information content (AvgIpc) is 2.27. The summed E-state index contributed by atoms with van der Waals surface area (Å²) in [6.07, 6.45) is 3.98. The van der Waals surface area contributed by atoms with Crippen molar-refractivity contribution in [2.75, 3.05) is 6.61 Å². The molecule has 1 aromatic carbocycles. The first-order valence-electron chi connectivity index (χ1n) is 6.90. The molecule has 1 aromatic rings. The molecule has 0 radical (unpaired) electrons. The van der Waals surface area contributed by atoms with E-state index in [2.05, 4.69) is 63.2 Å². The third-order valence-corrected chi connectivity index (χ3v) is 4.64. The fourth-order valence-corrected chi connectivity index (χ4v) is 3.55. The summed E-state index contributed by atoms with van der Waals surface area (Å²) in [5.74, 6) is 1.68. The van der Waals surface area contributed by atoms with Gasteiger partial charge >= 0.3 is 0 Å². The molecular formula is C15H21Br2NO. The third-order valence-electron chi connectivity index (χ3n) is 3.46. The molecule has 4 heteroatoms. The highest BCUT2D eigenvalue weighted by Crippen LogP contribution is 2.36. The van der Waals surface area contributed by atoms with Crippen molar-refractivity contribution in [1.29, 1.82) is 0 Å². The molecule has 106 valence electrons. The molecule has 1 saturated carbocycles. The number of halogens is 2. The van der Waals surface area contributed by atoms with Crippen LogP contribution in [0.4, 0.5) is 0 Å². The number of nitrogens with one attached hydrogen (secondary N) is 1. The van der Waals surface area contributed by atoms with Crippen LogP contribution in [0.25, 0.3) is 0 Å². The SMILES string of the molecule is CC(C)NCc1cc(Br)c(OCC2CCC2)c(Br)c1. The van der Waals surface area contributed by atoms with Gasteiger partial charge in [-0.15, -0.1) is 0 Å². The standard InChI is InChI=1S/C15H21Br2NO/c1-10(2)18-8-12-6-13(16)15(14(17)7-12)19-9-11-4-3-5-11/h6-7,10-11,18H,3-5,8-9H2,1-2H3. The molecule has 2 rings (SSSR count). The first-order valence-corrected chi connectivity index (χ1v) is 8.49. The molecule has 1 aliphatic rings. The number of ether oxygens (including phenoxy) is 1. The highest BCUT2D eigenvalue weighted by atomic mass is 79.9. The highest BCUT2D eigenvalue weighted by molar-refractivity contribution is 9.11. The molecule has 0 amide bonds. The Balaban J connectivity index is 1.99. The fourth-order valence-electron chi connectivity index (χ4n) is 2.03. The lowest BCUT2D eigenvalue weighted by Crippen LogP contribution is -2.22. The Bertz CT molecular complexity index is 407. The van der Waals surface area contributed by atoms with Gasteiger partial charge in [0.1, 0.15) is 5.75 Å². The largest absolute Gasteiger partial charge is 0.491 e. The minimum Gasteiger partial charge on any atom is -0.491 e. The van der Waals surface area contributed by atoms with E-state index < -0.39 is 0 Å². The van der Waals surface area contributed by atoms with Crippen molar-refractivity contribution in [3.63, 3.8) is 0 Å². The van der Waals surface area contributed by atoms with E-state index in [0.29, 0.717) is 6.04 Å². The minimum absolute atomic E-state index is 0.493. The lowest BCUT2D eigenvalue weighted by atomic mass is 9.86. The molecule has 0 bridgehead atoms. The van der Waals surface area contributed by atoms with Gasteiger partial charge in [-0.3, -0.25) is 0 Å². The van der Waals surface area contributed by atoms with E-state index >= 15 is 0 Å². The van der Waals surface area contributed by atoms with Gasteiger partial charge < -0.3 is 10.1 Å². The molecular weight excluding hydrogens is 370 g/mol. The predicted octanol–water partition coefficient (Wildman–Crippen LogP) is 4.89. The summed E-state index contributed by atoms with van der Waals surface area (Å²) < 4.78 is 8.00. The van der Waals surface area contributed by atoms with Gasteiger partial charge in [-0.25, -0.2) is 0 Å². The second-order valence-corrected chi connectivity index (χ2v) is 7.24. The summed E-state index contributed by atoms with van der Waals surface area (Å²) in [5, 5.41) is 3.42. The maximum Gasteiger partial charge on any atom is 0.147 e. The Morgan fingerprint density at radius 2 is 1.89 bits per heavy atom. The van der Waals surface area contributed by atoms with Crippen LogP contribution >= 0.6 is 31.9 Å². The van der Waals surface area contributed by atoms with Crippen LogP contribution in [0, 0.1) is 5.92 Å². The second-order valence-electron chi connectivity index (χ2n) is 5.53. The zero-order valence-corrected chi connectivity index (χ0v) is 14.7. The van der Waals surface area contributed by atoms with Gasteiger partial charge in [0.25, 0.3) is 0 Å². The zero-order chi connectivity index (χ0) is 13.8. The van der Waals surface area contributed by atoms with E-state index in [1.807, 2.05) is 0 Å². The van der Waals surface area contributed by atoms with Crippen LogP contribution in [0.3, 0.4) is 0 Å². The molecule has 2 nitrogen and oxygen atoms in total. The van der Waals surface area contributed by atoms with E-state index in [1.165, 1.54) is 24.8 Å². The Kier molecular flexibility index (Phi) is 5.72. The molecule has 0 saturated heterocycles. The number of hydrogen-bond donors (Lipinski definition) is 1. The predicted molar refractivity (Wildman–Crippen MR) is 86.7 cm³/mol. The average molecular weight is 391 g/mol. The van der Waals surface area contributed by atoms with Gasteiger partial charge in [-0.2, -0.15) is 0 Å². The lowest BCUT2D eigenvalue weighted by Gasteiger charge is -2.25. The lowest BCUT2D eigenvalue weighted by molar-refractivity contribution is 0.179. The van der Waals surface area contributed by atoms with Crippen LogP contribution in [0.1, 0.15) is 38.7 Å². The first-order chi connectivity index (χ1) is 9.06. The maximum atomic E-state index is 5.94. The molecule has 0 unspecified atom stereocenters. The van der Waals surface area contributed by atoms with Crippen molar-refractivity contribution in [2.45, 2.75) is 45.7 Å². The van der Waals surface area contributed by atoms with Crippen molar-refractivity contribution in [3.8, 4) is 5.75 Å². The van der Waals surface area contributed by atoms with Crippen molar-refractivity contribution >= 4 is 31.9 Å². The monoisotopic (exact) mass is 389 g/mol. The molecule has 0 atom stereocenters. The second kappa shape index (κ2) is 7.09. The van der Waals surface area contributed by atoms with E-state index in [4.69, 9.17) is 4.74 Å². The van der Waals surface area contributed by atoms with Crippen LogP contribution in [0.5, 0.6) is 5.75 Å². The fraction of sp³-hybridized carbons (Fsp3) is 0.600. The Hall–Kier alpha value is -0.0600. The number of rotatable bonds is 6. The van der Waals surface area contributed by atoms with E-state index in [-0.39, 0.29) is 0 Å². The molecule has 0 spiro atoms. The normalized spacial score (nSPS) is 15.6. The Labute approximate surface area is 132 Å². The van der Waals surface area contributed by atoms with Gasteiger partial charge in [-0.1, -0.05) is 20.3 Å². The van der Waals surface area contributed by atoms with Crippen molar-refractivity contribution in [2.24, 2.45) is 5.92 Å². The van der Waals surface area contributed by atoms with Crippen LogP contribution < -0.4 is 10.1 Å². The summed E-state index contributed by atoms with van der Waals surface area (Å²) in [6.45, 7) is 6.01. The van der Waals surface area contributed by atoms with Crippen molar-refractivity contribution in [1.82, 2.24) is 5.32 Å². The Morgan fingerprint density at radius 3 is 2.37 bits per heavy atom. The molecule has 1 aliphatic carbocycles. The zero-order valence-electron chi connectivity index (χ0n) is 11.5. The van der Waals surface area contributed by atoms with Gasteiger partial charge in [-0.05, 0) is 68.3 Å². The van der Waals surface area contributed by atoms with Crippen molar-refractivity contribution < 1.29 is 4.74 Å². The van der Waals surface area contributed by atoms with E-state index in [1.54, 1.807) is 0 Å². The first kappa shape index (κ1) is 15.3. The third kappa shape index (κ3) is 4.47. The van der Waals surface area contributed by atoms with Gasteiger partial charge in [0, 0.05) is 12.6 Å². The van der Waals surface area contributed by atoms with Crippen LogP contribution in [0.2, 0.25) is 0 Å². The number of benzene rings is 1. The summed E-state index contributed by atoms with van der Waals surface area (Å²) >= 11 is 7.22. The van der Waals surface area contributed by atoms with E-state index in [0.717, 1.165) is 33.8 Å². The maximum absolute atomic E-state index is 5.94. The number of hydrogen-bond acceptors (Lipinski definition) is 2. The van der Waals surface area contributed by atoms with Crippen LogP contribution in [0.15, 0.2) is 21.1 Å². The molecule has 19 heavy (non-hydrogen) atoms. The topological polar surface area (TPSA) is 21.3 Å². The molecule has 0 heterocycles. The van der Waals surface area contributed by atoms with Crippen molar-refractivity contribution in [3.05, 3.63) is 26.6 Å². The smallest absolute Gasteiger partial charge is 0.147 e. The minimum atomic E-state index is 0.493. The summed E-state index contributed by atoms with van der Waals surface area (Å²) in [6, 6.07) is 4.76. The van der Waals surface area contributed by atoms with Gasteiger partial charge in [0.05, 0.1) is 15.6 Å². The van der Waals surface area contributed by atoms with Gasteiger partial charge in [0.15, 0.2) is 0 Å². The van der Waals surface area contributed by atoms with E-state index in [9.17, 15) is 0 Å². The summed E-state index contributed by atoms with van der Waals surface area (Å²) in [7, 11) is 0. The summed E-state index contributed by atoms with van der Waals surface area (Å²) in [4.78, 5) is 0. The Morgan fingerprint density at radius 1 is 1.26 bits per heavy atom. The summed E-state index contributed by atoms with van der Waals surface area (Å²) in [5.41, 5.74) is 1.25. The van der Waals surface area contributed by atoms with Crippen LogP contribution in [-0.2, 0) is 6.54 Å². The van der Waals surface area contributed by atoms with Gasteiger partial charge in [0.2, 0.25) is 0 Å². The molecule has 1 fully saturated rings. The van der Waals surface area contributed by atoms with Crippen LogP contribution in [-0.4, -0.2) is 12.6 Å².